The van der Waals surface area contributed by atoms with Crippen LogP contribution in [0.1, 0.15) is 37.1 Å². The molecule has 1 aromatic heterocycles. The van der Waals surface area contributed by atoms with E-state index in [2.05, 4.69) is 25.3 Å². The van der Waals surface area contributed by atoms with Crippen molar-refractivity contribution in [3.63, 3.8) is 0 Å². The molecular formula is C26H33N3O2. The van der Waals surface area contributed by atoms with Crippen LogP contribution in [0.4, 0.5) is 0 Å². The fourth-order valence-electron chi connectivity index (χ4n) is 3.56. The molecule has 1 atom stereocenters. The summed E-state index contributed by atoms with van der Waals surface area (Å²) >= 11 is 0. The van der Waals surface area contributed by atoms with Crippen molar-refractivity contribution < 1.29 is 9.84 Å². The van der Waals surface area contributed by atoms with Crippen LogP contribution < -0.4 is 4.74 Å². The number of para-hydroxylation sites is 1. The summed E-state index contributed by atoms with van der Waals surface area (Å²) in [6.07, 6.45) is 2.58. The molecule has 0 saturated heterocycles. The predicted octanol–water partition coefficient (Wildman–Crippen LogP) is 5.43. The number of aryl methyl sites for hydroxylation is 2. The zero-order valence-corrected chi connectivity index (χ0v) is 19.0. The summed E-state index contributed by atoms with van der Waals surface area (Å²) in [6.45, 7) is 13.7. The molecule has 0 radical (unpaired) electrons. The topological polar surface area (TPSA) is 50.5 Å². The van der Waals surface area contributed by atoms with E-state index in [1.807, 2.05) is 66.2 Å². The van der Waals surface area contributed by atoms with Crippen molar-refractivity contribution >= 4 is 0 Å². The zero-order valence-electron chi connectivity index (χ0n) is 19.0. The van der Waals surface area contributed by atoms with E-state index in [-0.39, 0.29) is 0 Å². The number of hydrogen-bond acceptors (Lipinski definition) is 4. The smallest absolute Gasteiger partial charge is 0.227 e. The maximum atomic E-state index is 10.6. The average Bonchev–Trinajstić information content (AvgIpc) is 3.05. The van der Waals surface area contributed by atoms with Crippen LogP contribution in [0.2, 0.25) is 0 Å². The van der Waals surface area contributed by atoms with Crippen molar-refractivity contribution in [2.45, 2.75) is 46.3 Å². The lowest BCUT2D eigenvalue weighted by Crippen LogP contribution is -2.39. The SMILES string of the molecule is C=C[C@@](C)(O)CN(CCC)Cc1c(C)nn(-c2ccccc2)c1Oc1ccc(C)cc1. The molecular weight excluding hydrogens is 386 g/mol. The van der Waals surface area contributed by atoms with Crippen LogP contribution in [-0.4, -0.2) is 38.5 Å². The largest absolute Gasteiger partial charge is 0.439 e. The molecule has 0 bridgehead atoms. The van der Waals surface area contributed by atoms with E-state index < -0.39 is 5.60 Å². The second-order valence-corrected chi connectivity index (χ2v) is 8.30. The van der Waals surface area contributed by atoms with Crippen LogP contribution >= 0.6 is 0 Å². The Bertz CT molecular complexity index is 991. The second-order valence-electron chi connectivity index (χ2n) is 8.30. The van der Waals surface area contributed by atoms with Crippen molar-refractivity contribution in [3.05, 3.63) is 84.1 Å². The number of nitrogens with zero attached hydrogens (tertiary/aromatic N) is 3. The van der Waals surface area contributed by atoms with Gasteiger partial charge in [0.15, 0.2) is 0 Å². The third kappa shape index (κ3) is 5.84. The number of ether oxygens (including phenoxy) is 1. The molecule has 31 heavy (non-hydrogen) atoms. The van der Waals surface area contributed by atoms with E-state index in [0.29, 0.717) is 19.0 Å². The van der Waals surface area contributed by atoms with Crippen LogP contribution in [0.15, 0.2) is 67.3 Å². The van der Waals surface area contributed by atoms with E-state index in [0.717, 1.165) is 35.7 Å². The third-order valence-electron chi connectivity index (χ3n) is 5.28. The predicted molar refractivity (Wildman–Crippen MR) is 126 cm³/mol. The fourth-order valence-corrected chi connectivity index (χ4v) is 3.56. The Labute approximate surface area is 185 Å². The molecule has 0 spiro atoms. The van der Waals surface area contributed by atoms with Gasteiger partial charge in [0.1, 0.15) is 5.75 Å². The second kappa shape index (κ2) is 9.94. The molecule has 0 aliphatic rings. The maximum absolute atomic E-state index is 10.6. The number of aromatic nitrogens is 2. The molecule has 164 valence electrons. The number of hydrogen-bond donors (Lipinski definition) is 1. The molecule has 1 N–H and O–H groups in total. The summed E-state index contributed by atoms with van der Waals surface area (Å²) in [5.41, 5.74) is 3.08. The maximum Gasteiger partial charge on any atom is 0.227 e. The number of benzene rings is 2. The minimum Gasteiger partial charge on any atom is -0.439 e. The summed E-state index contributed by atoms with van der Waals surface area (Å²) in [7, 11) is 0. The third-order valence-corrected chi connectivity index (χ3v) is 5.28. The van der Waals surface area contributed by atoms with Gasteiger partial charge in [-0.25, -0.2) is 4.68 Å². The van der Waals surface area contributed by atoms with Gasteiger partial charge in [0, 0.05) is 13.1 Å². The molecule has 0 aliphatic carbocycles. The van der Waals surface area contributed by atoms with Crippen LogP contribution in [0, 0.1) is 13.8 Å². The van der Waals surface area contributed by atoms with Crippen molar-refractivity contribution in [3.8, 4) is 17.3 Å². The minimum absolute atomic E-state index is 0.490. The molecule has 2 aromatic carbocycles. The number of rotatable bonds is 10. The zero-order chi connectivity index (χ0) is 22.4. The summed E-state index contributed by atoms with van der Waals surface area (Å²) in [5.74, 6) is 1.47. The van der Waals surface area contributed by atoms with Gasteiger partial charge in [-0.1, -0.05) is 48.9 Å². The molecule has 0 unspecified atom stereocenters. The molecule has 3 rings (SSSR count). The van der Waals surface area contributed by atoms with Crippen LogP contribution in [-0.2, 0) is 6.54 Å². The van der Waals surface area contributed by atoms with Gasteiger partial charge >= 0.3 is 0 Å². The lowest BCUT2D eigenvalue weighted by molar-refractivity contribution is 0.0584. The van der Waals surface area contributed by atoms with Gasteiger partial charge < -0.3 is 9.84 Å². The van der Waals surface area contributed by atoms with Gasteiger partial charge in [-0.05, 0) is 58.0 Å². The first-order valence-electron chi connectivity index (χ1n) is 10.8. The average molecular weight is 420 g/mol. The van der Waals surface area contributed by atoms with Crippen molar-refractivity contribution in [2.24, 2.45) is 0 Å². The van der Waals surface area contributed by atoms with Crippen molar-refractivity contribution in [1.29, 1.82) is 0 Å². The number of aliphatic hydroxyl groups is 1. The van der Waals surface area contributed by atoms with Gasteiger partial charge in [-0.15, -0.1) is 6.58 Å². The molecule has 5 heteroatoms. The molecule has 0 fully saturated rings. The van der Waals surface area contributed by atoms with Crippen LogP contribution in [0.25, 0.3) is 5.69 Å². The van der Waals surface area contributed by atoms with Gasteiger partial charge in [-0.3, -0.25) is 4.90 Å². The standard InChI is InChI=1S/C26H33N3O2/c1-6-17-28(19-26(5,30)7-2)18-24-21(4)27-29(22-11-9-8-10-12-22)25(24)31-23-15-13-20(3)14-16-23/h7-16,30H,2,6,17-19H2,1,3-5H3/t26-/m1/s1. The summed E-state index contributed by atoms with van der Waals surface area (Å²) in [4.78, 5) is 2.23. The molecule has 3 aromatic rings. The first kappa shape index (κ1) is 22.8. The lowest BCUT2D eigenvalue weighted by Gasteiger charge is -2.29. The quantitative estimate of drug-likeness (QED) is 0.445. The highest BCUT2D eigenvalue weighted by molar-refractivity contribution is 5.43. The van der Waals surface area contributed by atoms with E-state index in [1.54, 1.807) is 13.0 Å². The van der Waals surface area contributed by atoms with E-state index in [4.69, 9.17) is 9.84 Å². The highest BCUT2D eigenvalue weighted by Gasteiger charge is 2.25. The Balaban J connectivity index is 2.02. The molecule has 5 nitrogen and oxygen atoms in total. The van der Waals surface area contributed by atoms with E-state index in [9.17, 15) is 5.11 Å². The summed E-state index contributed by atoms with van der Waals surface area (Å²) < 4.78 is 8.26. The minimum atomic E-state index is -0.962. The highest BCUT2D eigenvalue weighted by atomic mass is 16.5. The van der Waals surface area contributed by atoms with Crippen molar-refractivity contribution in [2.75, 3.05) is 13.1 Å². The molecule has 1 heterocycles. The Morgan fingerprint density at radius 3 is 2.42 bits per heavy atom. The molecule has 0 saturated carbocycles. The highest BCUT2D eigenvalue weighted by Crippen LogP contribution is 2.32. The first-order valence-corrected chi connectivity index (χ1v) is 10.8. The van der Waals surface area contributed by atoms with Crippen LogP contribution in [0.3, 0.4) is 0 Å². The molecule has 0 aliphatic heterocycles. The Morgan fingerprint density at radius 2 is 1.81 bits per heavy atom. The van der Waals surface area contributed by atoms with Crippen LogP contribution in [0.5, 0.6) is 11.6 Å². The van der Waals surface area contributed by atoms with Gasteiger partial charge in [-0.2, -0.15) is 5.10 Å². The van der Waals surface area contributed by atoms with Crippen molar-refractivity contribution in [1.82, 2.24) is 14.7 Å². The normalized spacial score (nSPS) is 13.2. The summed E-state index contributed by atoms with van der Waals surface area (Å²) in [6, 6.07) is 18.0. The lowest BCUT2D eigenvalue weighted by atomic mass is 10.1. The first-order chi connectivity index (χ1) is 14.8. The summed E-state index contributed by atoms with van der Waals surface area (Å²) in [5, 5.41) is 15.4. The Kier molecular flexibility index (Phi) is 7.31. The Hall–Kier alpha value is -2.89. The van der Waals surface area contributed by atoms with Gasteiger partial charge in [0.05, 0.1) is 22.5 Å². The van der Waals surface area contributed by atoms with E-state index in [1.165, 1.54) is 5.56 Å². The van der Waals surface area contributed by atoms with Gasteiger partial charge in [0.2, 0.25) is 5.88 Å². The van der Waals surface area contributed by atoms with Gasteiger partial charge in [0.25, 0.3) is 0 Å². The van der Waals surface area contributed by atoms with E-state index >= 15 is 0 Å². The molecule has 0 amide bonds. The Morgan fingerprint density at radius 1 is 1.13 bits per heavy atom. The monoisotopic (exact) mass is 419 g/mol. The fraction of sp³-hybridized carbons (Fsp3) is 0.346.